The SMILES string of the molecule is COc1ncc(-c2cc(OCCCCCCC(=O)Nc3ccccc3N)c3ncnc(C)c3c2)cc1F. The number of para-hydroxylation sites is 2. The number of nitrogens with two attached hydrogens (primary N) is 1. The number of halogens is 1. The summed E-state index contributed by atoms with van der Waals surface area (Å²) in [6.07, 6.45) is 6.92. The zero-order valence-corrected chi connectivity index (χ0v) is 21.0. The van der Waals surface area contributed by atoms with Crippen LogP contribution in [0.15, 0.2) is 55.0 Å². The Bertz CT molecular complexity index is 1400. The molecule has 2 aromatic heterocycles. The van der Waals surface area contributed by atoms with E-state index in [1.165, 1.54) is 19.5 Å². The van der Waals surface area contributed by atoms with Gasteiger partial charge >= 0.3 is 0 Å². The molecule has 4 aromatic rings. The number of aromatic nitrogens is 3. The van der Waals surface area contributed by atoms with Crippen LogP contribution in [0.3, 0.4) is 0 Å². The molecule has 0 spiro atoms. The van der Waals surface area contributed by atoms with E-state index in [9.17, 15) is 9.18 Å². The molecule has 8 nitrogen and oxygen atoms in total. The number of carbonyl (C=O) groups excluding carboxylic acids is 1. The van der Waals surface area contributed by atoms with Crippen LogP contribution in [0.2, 0.25) is 0 Å². The topological polar surface area (TPSA) is 112 Å². The van der Waals surface area contributed by atoms with Crippen molar-refractivity contribution in [2.75, 3.05) is 24.8 Å². The number of methoxy groups -OCH3 is 1. The summed E-state index contributed by atoms with van der Waals surface area (Å²) in [6, 6.07) is 12.4. The molecular formula is C28H30FN5O3. The van der Waals surface area contributed by atoms with Gasteiger partial charge in [-0.25, -0.2) is 19.3 Å². The normalized spacial score (nSPS) is 10.9. The van der Waals surface area contributed by atoms with Crippen LogP contribution < -0.4 is 20.5 Å². The highest BCUT2D eigenvalue weighted by atomic mass is 19.1. The van der Waals surface area contributed by atoms with Gasteiger partial charge in [0.15, 0.2) is 5.82 Å². The van der Waals surface area contributed by atoms with E-state index in [0.717, 1.165) is 42.3 Å². The molecule has 192 valence electrons. The number of nitrogens with one attached hydrogen (secondary N) is 1. The minimum Gasteiger partial charge on any atom is -0.491 e. The molecule has 3 N–H and O–H groups in total. The quantitative estimate of drug-likeness (QED) is 0.199. The maximum absolute atomic E-state index is 14.3. The first-order chi connectivity index (χ1) is 18.0. The van der Waals surface area contributed by atoms with Gasteiger partial charge in [-0.05, 0) is 55.7 Å². The minimum absolute atomic E-state index is 0.0445. The van der Waals surface area contributed by atoms with Crippen molar-refractivity contribution in [1.29, 1.82) is 0 Å². The Hall–Kier alpha value is -4.27. The van der Waals surface area contributed by atoms with E-state index in [-0.39, 0.29) is 11.8 Å². The molecule has 0 atom stereocenters. The lowest BCUT2D eigenvalue weighted by Gasteiger charge is -2.13. The van der Waals surface area contributed by atoms with E-state index in [0.29, 0.717) is 41.2 Å². The van der Waals surface area contributed by atoms with E-state index in [2.05, 4.69) is 20.3 Å². The fourth-order valence-corrected chi connectivity index (χ4v) is 4.02. The third-order valence-corrected chi connectivity index (χ3v) is 6.03. The molecule has 2 aromatic carbocycles. The van der Waals surface area contributed by atoms with E-state index < -0.39 is 5.82 Å². The van der Waals surface area contributed by atoms with Crippen LogP contribution in [-0.2, 0) is 4.79 Å². The molecule has 4 rings (SSSR count). The molecule has 0 bridgehead atoms. The van der Waals surface area contributed by atoms with E-state index >= 15 is 0 Å². The Morgan fingerprint density at radius 1 is 1.03 bits per heavy atom. The Balaban J connectivity index is 1.33. The standard InChI is InChI=1S/C28H30FN5O3/c1-18-21-13-19(20-14-22(29)28(36-2)31-16-20)15-25(27(21)33-17-32-18)37-12-8-4-3-5-11-26(35)34-24-10-7-6-9-23(24)30/h6-7,9-10,13-17H,3-5,8,11-12,30H2,1-2H3,(H,34,35). The predicted octanol–water partition coefficient (Wildman–Crippen LogP) is 5.70. The van der Waals surface area contributed by atoms with Crippen LogP contribution in [0.5, 0.6) is 11.6 Å². The van der Waals surface area contributed by atoms with Crippen LogP contribution in [-0.4, -0.2) is 34.6 Å². The fourth-order valence-electron chi connectivity index (χ4n) is 4.02. The van der Waals surface area contributed by atoms with Gasteiger partial charge in [-0.15, -0.1) is 0 Å². The van der Waals surface area contributed by atoms with Crippen molar-refractivity contribution in [2.24, 2.45) is 0 Å². The van der Waals surface area contributed by atoms with Gasteiger partial charge in [0.05, 0.1) is 25.1 Å². The lowest BCUT2D eigenvalue weighted by Crippen LogP contribution is -2.12. The van der Waals surface area contributed by atoms with Crippen LogP contribution in [0.1, 0.15) is 37.8 Å². The monoisotopic (exact) mass is 503 g/mol. The predicted molar refractivity (Wildman–Crippen MR) is 142 cm³/mol. The zero-order chi connectivity index (χ0) is 26.2. The highest BCUT2D eigenvalue weighted by molar-refractivity contribution is 5.93. The number of unbranched alkanes of at least 4 members (excludes halogenated alkanes) is 3. The summed E-state index contributed by atoms with van der Waals surface area (Å²) >= 11 is 0. The lowest BCUT2D eigenvalue weighted by atomic mass is 10.0. The summed E-state index contributed by atoms with van der Waals surface area (Å²) in [7, 11) is 1.38. The van der Waals surface area contributed by atoms with E-state index in [1.807, 2.05) is 31.2 Å². The first-order valence-electron chi connectivity index (χ1n) is 12.2. The third kappa shape index (κ3) is 6.49. The first kappa shape index (κ1) is 25.8. The zero-order valence-electron chi connectivity index (χ0n) is 21.0. The average molecular weight is 504 g/mol. The molecule has 0 aliphatic carbocycles. The third-order valence-electron chi connectivity index (χ3n) is 6.03. The molecular weight excluding hydrogens is 473 g/mol. The van der Waals surface area contributed by atoms with Crippen LogP contribution in [0, 0.1) is 12.7 Å². The molecule has 0 saturated carbocycles. The second-order valence-electron chi connectivity index (χ2n) is 8.69. The van der Waals surface area contributed by atoms with Gasteiger partial charge in [-0.3, -0.25) is 4.79 Å². The van der Waals surface area contributed by atoms with E-state index in [1.54, 1.807) is 18.3 Å². The largest absolute Gasteiger partial charge is 0.491 e. The smallest absolute Gasteiger partial charge is 0.250 e. The maximum atomic E-state index is 14.3. The second-order valence-corrected chi connectivity index (χ2v) is 8.69. The summed E-state index contributed by atoms with van der Waals surface area (Å²) in [5.41, 5.74) is 9.92. The number of aryl methyl sites for hydroxylation is 1. The molecule has 0 fully saturated rings. The van der Waals surface area contributed by atoms with Crippen LogP contribution in [0.25, 0.3) is 22.0 Å². The lowest BCUT2D eigenvalue weighted by molar-refractivity contribution is -0.116. The molecule has 2 heterocycles. The fraction of sp³-hybridized carbons (Fsp3) is 0.286. The molecule has 37 heavy (non-hydrogen) atoms. The van der Waals surface area contributed by atoms with Gasteiger partial charge in [0.1, 0.15) is 17.6 Å². The molecule has 9 heteroatoms. The number of anilines is 2. The Kier molecular flexibility index (Phi) is 8.45. The first-order valence-corrected chi connectivity index (χ1v) is 12.2. The highest BCUT2D eigenvalue weighted by Crippen LogP contribution is 2.33. The number of hydrogen-bond donors (Lipinski definition) is 2. The Labute approximate surface area is 215 Å². The molecule has 0 aliphatic rings. The van der Waals surface area contributed by atoms with Crippen molar-refractivity contribution in [3.8, 4) is 22.8 Å². The Morgan fingerprint density at radius 3 is 2.62 bits per heavy atom. The molecule has 1 amide bonds. The van der Waals surface area contributed by atoms with Crippen molar-refractivity contribution in [1.82, 2.24) is 15.0 Å². The number of hydrogen-bond acceptors (Lipinski definition) is 7. The van der Waals surface area contributed by atoms with Gasteiger partial charge in [0, 0.05) is 29.3 Å². The van der Waals surface area contributed by atoms with Crippen LogP contribution in [0.4, 0.5) is 15.8 Å². The van der Waals surface area contributed by atoms with Gasteiger partial charge in [-0.1, -0.05) is 25.0 Å². The number of ether oxygens (including phenoxy) is 2. The summed E-state index contributed by atoms with van der Waals surface area (Å²) in [5.74, 6) is -0.0299. The highest BCUT2D eigenvalue weighted by Gasteiger charge is 2.13. The number of rotatable bonds is 11. The van der Waals surface area contributed by atoms with Gasteiger partial charge in [-0.2, -0.15) is 0 Å². The number of nitrogens with zero attached hydrogens (tertiary/aromatic N) is 3. The average Bonchev–Trinajstić information content (AvgIpc) is 2.89. The Morgan fingerprint density at radius 2 is 1.84 bits per heavy atom. The summed E-state index contributed by atoms with van der Waals surface area (Å²) in [4.78, 5) is 24.9. The molecule has 0 aliphatic heterocycles. The van der Waals surface area contributed by atoms with Crippen molar-refractivity contribution >= 4 is 28.2 Å². The second kappa shape index (κ2) is 12.1. The number of nitrogen functional groups attached to an aromatic ring is 1. The number of pyridine rings is 1. The summed E-state index contributed by atoms with van der Waals surface area (Å²) < 4.78 is 25.3. The molecule has 0 saturated heterocycles. The number of carbonyl (C=O) groups is 1. The van der Waals surface area contributed by atoms with Crippen molar-refractivity contribution in [2.45, 2.75) is 39.0 Å². The van der Waals surface area contributed by atoms with Gasteiger partial charge in [0.25, 0.3) is 0 Å². The van der Waals surface area contributed by atoms with Gasteiger partial charge < -0.3 is 20.5 Å². The molecule has 0 radical (unpaired) electrons. The summed E-state index contributed by atoms with van der Waals surface area (Å²) in [5, 5.41) is 3.68. The minimum atomic E-state index is -0.537. The number of benzene rings is 2. The van der Waals surface area contributed by atoms with Gasteiger partial charge in [0.2, 0.25) is 11.8 Å². The van der Waals surface area contributed by atoms with E-state index in [4.69, 9.17) is 15.2 Å². The number of fused-ring (bicyclic) bond motifs is 1. The van der Waals surface area contributed by atoms with Crippen LogP contribution >= 0.6 is 0 Å². The van der Waals surface area contributed by atoms with Crippen molar-refractivity contribution in [3.63, 3.8) is 0 Å². The van der Waals surface area contributed by atoms with Crippen molar-refractivity contribution < 1.29 is 18.7 Å². The number of amides is 1. The van der Waals surface area contributed by atoms with Crippen molar-refractivity contribution in [3.05, 3.63) is 66.5 Å². The summed E-state index contributed by atoms with van der Waals surface area (Å²) in [6.45, 7) is 2.39. The maximum Gasteiger partial charge on any atom is 0.250 e. The molecule has 0 unspecified atom stereocenters.